The number of carboxylic acid groups (broad SMARTS) is 1. The van der Waals surface area contributed by atoms with Gasteiger partial charge in [0.15, 0.2) is 11.6 Å². The zero-order valence-corrected chi connectivity index (χ0v) is 19.3. The molecule has 0 bridgehead atoms. The van der Waals surface area contributed by atoms with Gasteiger partial charge in [-0.15, -0.1) is 0 Å². The minimum atomic E-state index is -5.01. The lowest BCUT2D eigenvalue weighted by Gasteiger charge is -2.24. The number of carboxylic acids is 1. The summed E-state index contributed by atoms with van der Waals surface area (Å²) in [6.07, 6.45) is 0. The van der Waals surface area contributed by atoms with Gasteiger partial charge in [-0.25, -0.2) is 4.79 Å². The number of nitrogens with two attached hydrogens (primary N) is 2. The number of carbonyl (C=O) groups excluding carboxylic acids is 2. The fourth-order valence-electron chi connectivity index (χ4n) is 3.77. The molecule has 0 amide bonds. The third-order valence-corrected chi connectivity index (χ3v) is 7.15. The van der Waals surface area contributed by atoms with Gasteiger partial charge in [0.2, 0.25) is 0 Å². The minimum Gasteiger partial charge on any atom is -0.478 e. The Morgan fingerprint density at radius 1 is 0.806 bits per heavy atom. The Hall–Kier alpha value is -4.31. The van der Waals surface area contributed by atoms with Gasteiger partial charge >= 0.3 is 5.97 Å². The van der Waals surface area contributed by atoms with Crippen molar-refractivity contribution in [2.75, 3.05) is 16.8 Å². The van der Waals surface area contributed by atoms with Crippen LogP contribution in [0, 0.1) is 0 Å². The maximum Gasteiger partial charge on any atom is 0.337 e. The predicted octanol–water partition coefficient (Wildman–Crippen LogP) is 1.56. The van der Waals surface area contributed by atoms with Crippen LogP contribution in [-0.4, -0.2) is 48.6 Å². The van der Waals surface area contributed by atoms with Gasteiger partial charge in [0.25, 0.3) is 20.2 Å². The van der Waals surface area contributed by atoms with Gasteiger partial charge in [-0.3, -0.25) is 18.7 Å². The highest BCUT2D eigenvalue weighted by molar-refractivity contribution is 7.86. The Bertz CT molecular complexity index is 1750. The fourth-order valence-corrected chi connectivity index (χ4v) is 4.92. The number of nitrogen functional groups attached to an aromatic ring is 2. The highest BCUT2D eigenvalue weighted by Gasteiger charge is 2.37. The first-order chi connectivity index (χ1) is 16.6. The summed E-state index contributed by atoms with van der Waals surface area (Å²) < 4.78 is 66.1. The second kappa shape index (κ2) is 8.13. The van der Waals surface area contributed by atoms with E-state index in [0.29, 0.717) is 0 Å². The smallest absolute Gasteiger partial charge is 0.337 e. The number of aromatic carboxylic acids is 1. The first-order valence-electron chi connectivity index (χ1n) is 9.66. The van der Waals surface area contributed by atoms with Crippen molar-refractivity contribution in [3.8, 4) is 0 Å². The van der Waals surface area contributed by atoms with E-state index >= 15 is 0 Å². The summed E-state index contributed by atoms with van der Waals surface area (Å²) in [7, 11) is -9.76. The third kappa shape index (κ3) is 4.05. The molecule has 36 heavy (non-hydrogen) atoms. The van der Waals surface area contributed by atoms with Crippen molar-refractivity contribution >= 4 is 60.5 Å². The van der Waals surface area contributed by atoms with Crippen molar-refractivity contribution in [2.45, 2.75) is 9.79 Å². The summed E-state index contributed by atoms with van der Waals surface area (Å²) in [6.45, 7) is 0. The Labute approximate surface area is 202 Å². The van der Waals surface area contributed by atoms with E-state index < -0.39 is 69.9 Å². The second-order valence-electron chi connectivity index (χ2n) is 7.63. The molecule has 0 aromatic heterocycles. The SMILES string of the molecule is Nc1ccc(Nc2cc(S(=O)(=O)O)c(N)c3c2C(=O)c2cc(S(=O)(=O)O)ccc2C3=O)cc1C(=O)O. The number of nitrogens with one attached hydrogen (secondary N) is 1. The largest absolute Gasteiger partial charge is 0.478 e. The molecule has 0 fully saturated rings. The molecule has 8 N–H and O–H groups in total. The zero-order chi connectivity index (χ0) is 26.7. The van der Waals surface area contributed by atoms with Crippen LogP contribution in [0.2, 0.25) is 0 Å². The lowest BCUT2D eigenvalue weighted by Crippen LogP contribution is -2.25. The van der Waals surface area contributed by atoms with Crippen molar-refractivity contribution in [1.82, 2.24) is 0 Å². The van der Waals surface area contributed by atoms with Gasteiger partial charge in [0.1, 0.15) is 4.90 Å². The van der Waals surface area contributed by atoms with Gasteiger partial charge in [0.05, 0.1) is 33.0 Å². The highest BCUT2D eigenvalue weighted by Crippen LogP contribution is 2.40. The lowest BCUT2D eigenvalue weighted by molar-refractivity contribution is 0.0697. The summed E-state index contributed by atoms with van der Waals surface area (Å²) >= 11 is 0. The molecule has 0 aliphatic heterocycles. The zero-order valence-electron chi connectivity index (χ0n) is 17.7. The molecule has 0 radical (unpaired) electrons. The van der Waals surface area contributed by atoms with Crippen LogP contribution in [0.5, 0.6) is 0 Å². The molecular formula is C21H15N3O10S2. The average molecular weight is 533 g/mol. The van der Waals surface area contributed by atoms with Crippen molar-refractivity contribution in [3.05, 3.63) is 70.3 Å². The molecule has 0 spiro atoms. The van der Waals surface area contributed by atoms with Crippen LogP contribution in [0.3, 0.4) is 0 Å². The molecule has 0 heterocycles. The van der Waals surface area contributed by atoms with Crippen molar-refractivity contribution in [1.29, 1.82) is 0 Å². The molecule has 13 nitrogen and oxygen atoms in total. The number of ketones is 2. The number of fused-ring (bicyclic) bond motifs is 2. The molecule has 1 aliphatic rings. The summed E-state index contributed by atoms with van der Waals surface area (Å²) in [5.41, 5.74) is 8.18. The normalized spacial score (nSPS) is 13.2. The number of anilines is 4. The molecule has 0 unspecified atom stereocenters. The van der Waals surface area contributed by atoms with E-state index in [1.165, 1.54) is 12.1 Å². The van der Waals surface area contributed by atoms with Crippen molar-refractivity contribution in [2.24, 2.45) is 0 Å². The Kier molecular flexibility index (Phi) is 5.60. The molecule has 4 rings (SSSR count). The van der Waals surface area contributed by atoms with Crippen LogP contribution in [-0.2, 0) is 20.2 Å². The maximum absolute atomic E-state index is 13.4. The summed E-state index contributed by atoms with van der Waals surface area (Å²) in [6, 6.07) is 6.96. The standard InChI is InChI=1S/C21H15N3O10S2/c22-13-4-1-8(5-12(13)21(27)28)24-14-7-15(36(32,33)34)18(23)17-16(14)20(26)11-6-9(35(29,30)31)2-3-10(11)19(17)25/h1-7,24H,22-23H2,(H,27,28)(H,29,30,31)(H,32,33,34). The summed E-state index contributed by atoms with van der Waals surface area (Å²) in [5, 5.41) is 11.9. The molecule has 0 saturated carbocycles. The molecule has 3 aromatic carbocycles. The highest BCUT2D eigenvalue weighted by atomic mass is 32.2. The first kappa shape index (κ1) is 24.8. The van der Waals surface area contributed by atoms with E-state index in [9.17, 15) is 45.4 Å². The summed E-state index contributed by atoms with van der Waals surface area (Å²) in [4.78, 5) is 36.6. The van der Waals surface area contributed by atoms with Crippen LogP contribution in [0.4, 0.5) is 22.7 Å². The van der Waals surface area contributed by atoms with Crippen LogP contribution < -0.4 is 16.8 Å². The third-order valence-electron chi connectivity index (χ3n) is 5.40. The van der Waals surface area contributed by atoms with E-state index in [-0.39, 0.29) is 28.2 Å². The van der Waals surface area contributed by atoms with Gasteiger partial charge in [0, 0.05) is 22.5 Å². The van der Waals surface area contributed by atoms with E-state index in [1.807, 2.05) is 0 Å². The molecular weight excluding hydrogens is 518 g/mol. The van der Waals surface area contributed by atoms with Crippen LogP contribution >= 0.6 is 0 Å². The number of hydrogen-bond acceptors (Lipinski definition) is 10. The molecule has 0 saturated heterocycles. The fraction of sp³-hybridized carbons (Fsp3) is 0. The number of carbonyl (C=O) groups is 3. The van der Waals surface area contributed by atoms with Crippen LogP contribution in [0.15, 0.2) is 52.3 Å². The van der Waals surface area contributed by atoms with Gasteiger partial charge in [-0.2, -0.15) is 16.8 Å². The van der Waals surface area contributed by atoms with E-state index in [1.54, 1.807) is 0 Å². The van der Waals surface area contributed by atoms with Gasteiger partial charge in [-0.1, -0.05) is 0 Å². The van der Waals surface area contributed by atoms with E-state index in [2.05, 4.69) is 5.32 Å². The Balaban J connectivity index is 2.02. The molecule has 3 aromatic rings. The average Bonchev–Trinajstić information content (AvgIpc) is 2.77. The lowest BCUT2D eigenvalue weighted by atomic mass is 9.82. The van der Waals surface area contributed by atoms with Crippen molar-refractivity contribution in [3.63, 3.8) is 0 Å². The van der Waals surface area contributed by atoms with E-state index in [0.717, 1.165) is 30.3 Å². The topological polar surface area (TPSA) is 244 Å². The summed E-state index contributed by atoms with van der Waals surface area (Å²) in [5.74, 6) is -3.31. The maximum atomic E-state index is 13.4. The van der Waals surface area contributed by atoms with Crippen LogP contribution in [0.25, 0.3) is 0 Å². The molecule has 186 valence electrons. The van der Waals surface area contributed by atoms with Gasteiger partial charge in [-0.05, 0) is 42.5 Å². The molecule has 15 heteroatoms. The second-order valence-corrected chi connectivity index (χ2v) is 10.4. The predicted molar refractivity (Wildman–Crippen MR) is 125 cm³/mol. The number of benzene rings is 3. The molecule has 0 atom stereocenters. The Morgan fingerprint density at radius 2 is 1.44 bits per heavy atom. The first-order valence-corrected chi connectivity index (χ1v) is 12.5. The van der Waals surface area contributed by atoms with Gasteiger partial charge < -0.3 is 21.9 Å². The monoisotopic (exact) mass is 533 g/mol. The Morgan fingerprint density at radius 3 is 2.03 bits per heavy atom. The number of hydrogen-bond donors (Lipinski definition) is 6. The van der Waals surface area contributed by atoms with Crippen molar-refractivity contribution < 1.29 is 45.4 Å². The minimum absolute atomic E-state index is 0.00703. The van der Waals surface area contributed by atoms with E-state index in [4.69, 9.17) is 11.5 Å². The number of rotatable bonds is 5. The molecule has 1 aliphatic carbocycles. The van der Waals surface area contributed by atoms with Crippen LogP contribution in [0.1, 0.15) is 42.2 Å². The quantitative estimate of drug-likeness (QED) is 0.158.